The summed E-state index contributed by atoms with van der Waals surface area (Å²) in [4.78, 5) is 25.1. The van der Waals surface area contributed by atoms with E-state index in [9.17, 15) is 4.79 Å². The van der Waals surface area contributed by atoms with Crippen molar-refractivity contribution in [3.05, 3.63) is 35.9 Å². The van der Waals surface area contributed by atoms with E-state index in [1.165, 1.54) is 38.3 Å². The highest BCUT2D eigenvalue weighted by Crippen LogP contribution is 2.26. The molecule has 1 aliphatic carbocycles. The SMILES string of the molecule is C#Cc1cnc(Nc2cc(NCC3CCCCC3)c(C(=O)NCC)cn2)cn1. The number of anilines is 3. The van der Waals surface area contributed by atoms with Gasteiger partial charge in [0, 0.05) is 25.4 Å². The van der Waals surface area contributed by atoms with Crippen LogP contribution in [-0.4, -0.2) is 33.9 Å². The normalized spacial score (nSPS) is 14.1. The molecule has 0 saturated heterocycles. The van der Waals surface area contributed by atoms with Crippen LogP contribution in [0.5, 0.6) is 0 Å². The molecule has 3 N–H and O–H groups in total. The van der Waals surface area contributed by atoms with Gasteiger partial charge in [0.15, 0.2) is 0 Å². The van der Waals surface area contributed by atoms with Gasteiger partial charge in [0.25, 0.3) is 5.91 Å². The number of aromatic nitrogens is 3. The summed E-state index contributed by atoms with van der Waals surface area (Å²) in [7, 11) is 0. The second-order valence-corrected chi connectivity index (χ2v) is 6.92. The standard InChI is InChI=1S/C21H26N6O/c1-3-16-12-25-20(14-23-16)27-19-10-18(17(13-26-19)21(28)22-4-2)24-11-15-8-6-5-7-9-15/h1,10,12-15H,4-9,11H2,2H3,(H,22,28)(H2,24,25,26,27). The van der Waals surface area contributed by atoms with E-state index in [2.05, 4.69) is 36.8 Å². The number of amides is 1. The van der Waals surface area contributed by atoms with E-state index in [0.29, 0.717) is 35.4 Å². The first-order valence-electron chi connectivity index (χ1n) is 9.77. The van der Waals surface area contributed by atoms with Crippen molar-refractivity contribution in [2.45, 2.75) is 39.0 Å². The Labute approximate surface area is 165 Å². The molecule has 2 heterocycles. The molecule has 0 spiro atoms. The Kier molecular flexibility index (Phi) is 6.79. The number of carbonyl (C=O) groups excluding carboxylic acids is 1. The molecule has 1 amide bonds. The molecule has 7 heteroatoms. The van der Waals surface area contributed by atoms with Crippen LogP contribution in [0.3, 0.4) is 0 Å². The molecular weight excluding hydrogens is 352 g/mol. The predicted molar refractivity (Wildman–Crippen MR) is 111 cm³/mol. The highest BCUT2D eigenvalue weighted by Gasteiger charge is 2.17. The van der Waals surface area contributed by atoms with Gasteiger partial charge in [0.2, 0.25) is 0 Å². The molecule has 1 aliphatic rings. The summed E-state index contributed by atoms with van der Waals surface area (Å²) >= 11 is 0. The van der Waals surface area contributed by atoms with Crippen molar-refractivity contribution in [2.24, 2.45) is 5.92 Å². The van der Waals surface area contributed by atoms with Gasteiger partial charge in [-0.2, -0.15) is 0 Å². The van der Waals surface area contributed by atoms with E-state index < -0.39 is 0 Å². The lowest BCUT2D eigenvalue weighted by atomic mass is 9.89. The molecule has 0 bridgehead atoms. The molecule has 3 rings (SSSR count). The highest BCUT2D eigenvalue weighted by atomic mass is 16.1. The molecular formula is C21H26N6O. The third-order valence-electron chi connectivity index (χ3n) is 4.85. The van der Waals surface area contributed by atoms with Crippen molar-refractivity contribution in [2.75, 3.05) is 23.7 Å². The maximum Gasteiger partial charge on any atom is 0.254 e. The lowest BCUT2D eigenvalue weighted by Gasteiger charge is -2.23. The van der Waals surface area contributed by atoms with Crippen LogP contribution in [0, 0.1) is 18.3 Å². The third-order valence-corrected chi connectivity index (χ3v) is 4.85. The Hall–Kier alpha value is -3.14. The van der Waals surface area contributed by atoms with Gasteiger partial charge in [-0.05, 0) is 31.6 Å². The zero-order valence-corrected chi connectivity index (χ0v) is 16.2. The first kappa shape index (κ1) is 19.6. The van der Waals surface area contributed by atoms with Crippen molar-refractivity contribution >= 4 is 23.2 Å². The number of terminal acetylenes is 1. The van der Waals surface area contributed by atoms with Crippen molar-refractivity contribution in [1.82, 2.24) is 20.3 Å². The van der Waals surface area contributed by atoms with E-state index in [0.717, 1.165) is 12.2 Å². The molecule has 0 unspecified atom stereocenters. The number of pyridine rings is 1. The summed E-state index contributed by atoms with van der Waals surface area (Å²) in [6.07, 6.45) is 16.3. The first-order valence-corrected chi connectivity index (χ1v) is 9.77. The molecule has 0 aliphatic heterocycles. The number of hydrogen-bond acceptors (Lipinski definition) is 6. The van der Waals surface area contributed by atoms with Gasteiger partial charge in [-0.1, -0.05) is 19.3 Å². The Morgan fingerprint density at radius 3 is 2.61 bits per heavy atom. The largest absolute Gasteiger partial charge is 0.384 e. The van der Waals surface area contributed by atoms with Crippen molar-refractivity contribution in [3.63, 3.8) is 0 Å². The topological polar surface area (TPSA) is 91.8 Å². The monoisotopic (exact) mass is 378 g/mol. The summed E-state index contributed by atoms with van der Waals surface area (Å²) in [5.41, 5.74) is 1.78. The van der Waals surface area contributed by atoms with Gasteiger partial charge in [0.05, 0.1) is 23.6 Å². The van der Waals surface area contributed by atoms with E-state index in [1.54, 1.807) is 12.4 Å². The second kappa shape index (κ2) is 9.70. The minimum Gasteiger partial charge on any atom is -0.384 e. The molecule has 0 aromatic carbocycles. The van der Waals surface area contributed by atoms with Crippen LogP contribution in [0.4, 0.5) is 17.3 Å². The van der Waals surface area contributed by atoms with Crippen LogP contribution < -0.4 is 16.0 Å². The highest BCUT2D eigenvalue weighted by molar-refractivity contribution is 5.99. The molecule has 2 aromatic rings. The maximum atomic E-state index is 12.4. The average Bonchev–Trinajstić information content (AvgIpc) is 2.74. The van der Waals surface area contributed by atoms with Crippen LogP contribution >= 0.6 is 0 Å². The van der Waals surface area contributed by atoms with Gasteiger partial charge in [-0.25, -0.2) is 15.0 Å². The number of rotatable bonds is 7. The average molecular weight is 378 g/mol. The van der Waals surface area contributed by atoms with Crippen LogP contribution in [0.25, 0.3) is 0 Å². The maximum absolute atomic E-state index is 12.4. The zero-order chi connectivity index (χ0) is 19.8. The van der Waals surface area contributed by atoms with Gasteiger partial charge in [0.1, 0.15) is 17.3 Å². The first-order chi connectivity index (χ1) is 13.7. The van der Waals surface area contributed by atoms with E-state index >= 15 is 0 Å². The summed E-state index contributed by atoms with van der Waals surface area (Å²) in [5.74, 6) is 4.07. The second-order valence-electron chi connectivity index (χ2n) is 6.92. The Morgan fingerprint density at radius 2 is 1.93 bits per heavy atom. The molecule has 2 aromatic heterocycles. The van der Waals surface area contributed by atoms with Gasteiger partial charge < -0.3 is 16.0 Å². The Bertz CT molecular complexity index is 837. The fraction of sp³-hybridized carbons (Fsp3) is 0.429. The van der Waals surface area contributed by atoms with Crippen molar-refractivity contribution in [3.8, 4) is 12.3 Å². The zero-order valence-electron chi connectivity index (χ0n) is 16.2. The third kappa shape index (κ3) is 5.19. The Morgan fingerprint density at radius 1 is 1.14 bits per heavy atom. The van der Waals surface area contributed by atoms with Crippen LogP contribution in [0.2, 0.25) is 0 Å². The summed E-state index contributed by atoms with van der Waals surface area (Å²) in [5, 5.41) is 9.41. The smallest absolute Gasteiger partial charge is 0.254 e. The van der Waals surface area contributed by atoms with Crippen molar-refractivity contribution < 1.29 is 4.79 Å². The molecule has 0 radical (unpaired) electrons. The van der Waals surface area contributed by atoms with Crippen molar-refractivity contribution in [1.29, 1.82) is 0 Å². The van der Waals surface area contributed by atoms with E-state index in [1.807, 2.05) is 13.0 Å². The van der Waals surface area contributed by atoms with E-state index in [-0.39, 0.29) is 5.91 Å². The Balaban J connectivity index is 1.77. The lowest BCUT2D eigenvalue weighted by Crippen LogP contribution is -2.25. The summed E-state index contributed by atoms with van der Waals surface area (Å²) < 4.78 is 0. The fourth-order valence-corrected chi connectivity index (χ4v) is 3.35. The number of nitrogens with zero attached hydrogens (tertiary/aromatic N) is 3. The molecule has 146 valence electrons. The number of hydrogen-bond donors (Lipinski definition) is 3. The molecule has 1 saturated carbocycles. The minimum atomic E-state index is -0.133. The lowest BCUT2D eigenvalue weighted by molar-refractivity contribution is 0.0956. The molecule has 0 atom stereocenters. The van der Waals surface area contributed by atoms with Crippen LogP contribution in [-0.2, 0) is 0 Å². The predicted octanol–water partition coefficient (Wildman–Crippen LogP) is 3.34. The quantitative estimate of drug-likeness (QED) is 0.640. The molecule has 7 nitrogen and oxygen atoms in total. The van der Waals surface area contributed by atoms with Crippen LogP contribution in [0.15, 0.2) is 24.7 Å². The van der Waals surface area contributed by atoms with Crippen LogP contribution in [0.1, 0.15) is 55.1 Å². The molecule has 1 fully saturated rings. The number of carbonyl (C=O) groups is 1. The van der Waals surface area contributed by atoms with Gasteiger partial charge >= 0.3 is 0 Å². The summed E-state index contributed by atoms with van der Waals surface area (Å²) in [6, 6.07) is 1.84. The van der Waals surface area contributed by atoms with Gasteiger partial charge in [-0.15, -0.1) is 6.42 Å². The summed E-state index contributed by atoms with van der Waals surface area (Å²) in [6.45, 7) is 3.32. The minimum absolute atomic E-state index is 0.133. The molecule has 28 heavy (non-hydrogen) atoms. The van der Waals surface area contributed by atoms with E-state index in [4.69, 9.17) is 6.42 Å². The number of nitrogens with one attached hydrogen (secondary N) is 3. The fourth-order valence-electron chi connectivity index (χ4n) is 3.35. The van der Waals surface area contributed by atoms with Gasteiger partial charge in [-0.3, -0.25) is 4.79 Å².